The molecule has 2 rings (SSSR count). The smallest absolute Gasteiger partial charge is 0.334 e. The summed E-state index contributed by atoms with van der Waals surface area (Å²) in [5.41, 5.74) is 1.72. The third-order valence-corrected chi connectivity index (χ3v) is 2.38. The van der Waals surface area contributed by atoms with Gasteiger partial charge in [-0.3, -0.25) is 0 Å². The molecule has 1 N–H and O–H groups in total. The number of rotatable bonds is 1. The predicted octanol–water partition coefficient (Wildman–Crippen LogP) is 2.31. The minimum absolute atomic E-state index is 0.107. The highest BCUT2D eigenvalue weighted by Gasteiger charge is 2.12. The average Bonchev–Trinajstić information content (AvgIpc) is 2.56. The first-order valence-corrected chi connectivity index (χ1v) is 5.35. The lowest BCUT2D eigenvalue weighted by Gasteiger charge is -2.08. The maximum atomic E-state index is 11.9. The average molecular weight is 217 g/mol. The number of amides is 1. The van der Waals surface area contributed by atoms with Gasteiger partial charge in [0.2, 0.25) is 0 Å². The summed E-state index contributed by atoms with van der Waals surface area (Å²) in [6.45, 7) is 5.76. The first kappa shape index (κ1) is 10.7. The summed E-state index contributed by atoms with van der Waals surface area (Å²) in [6.07, 6.45) is 0. The second kappa shape index (κ2) is 3.96. The number of benzene rings is 1. The van der Waals surface area contributed by atoms with Gasteiger partial charge >= 0.3 is 6.03 Å². The fraction of sp³-hybridized carbons (Fsp3) is 0.333. The van der Waals surface area contributed by atoms with E-state index in [9.17, 15) is 4.79 Å². The standard InChI is InChI=1S/C12H15N3O/c1-8(2)13-12(16)15-11-7-5-4-6-10(11)9(3)14-15/h4-8H,1-3H3,(H,13,16). The van der Waals surface area contributed by atoms with E-state index in [2.05, 4.69) is 10.4 Å². The van der Waals surface area contributed by atoms with Crippen LogP contribution in [0.5, 0.6) is 0 Å². The minimum Gasteiger partial charge on any atom is -0.334 e. The molecule has 1 amide bonds. The van der Waals surface area contributed by atoms with Gasteiger partial charge in [-0.15, -0.1) is 0 Å². The van der Waals surface area contributed by atoms with Gasteiger partial charge < -0.3 is 5.32 Å². The van der Waals surface area contributed by atoms with Crippen molar-refractivity contribution in [3.05, 3.63) is 30.0 Å². The molecule has 0 unspecified atom stereocenters. The lowest BCUT2D eigenvalue weighted by Crippen LogP contribution is -2.34. The molecule has 2 aromatic rings. The van der Waals surface area contributed by atoms with Crippen LogP contribution in [0.4, 0.5) is 4.79 Å². The molecule has 0 spiro atoms. The van der Waals surface area contributed by atoms with Gasteiger partial charge in [-0.1, -0.05) is 18.2 Å². The maximum absolute atomic E-state index is 11.9. The van der Waals surface area contributed by atoms with Crippen molar-refractivity contribution in [2.24, 2.45) is 0 Å². The Labute approximate surface area is 94.3 Å². The number of aromatic nitrogens is 2. The first-order valence-electron chi connectivity index (χ1n) is 5.35. The topological polar surface area (TPSA) is 46.9 Å². The van der Waals surface area contributed by atoms with Gasteiger partial charge in [-0.25, -0.2) is 4.79 Å². The number of carbonyl (C=O) groups is 1. The molecule has 1 heterocycles. The van der Waals surface area contributed by atoms with Crippen LogP contribution in [0.1, 0.15) is 19.5 Å². The lowest BCUT2D eigenvalue weighted by molar-refractivity contribution is 0.238. The van der Waals surface area contributed by atoms with Crippen LogP contribution in [0.2, 0.25) is 0 Å². The van der Waals surface area contributed by atoms with E-state index in [1.807, 2.05) is 45.0 Å². The number of hydrogen-bond acceptors (Lipinski definition) is 2. The molecule has 0 aliphatic heterocycles. The highest BCUT2D eigenvalue weighted by atomic mass is 16.2. The fourth-order valence-corrected chi connectivity index (χ4v) is 1.68. The highest BCUT2D eigenvalue weighted by Crippen LogP contribution is 2.16. The summed E-state index contributed by atoms with van der Waals surface area (Å²) >= 11 is 0. The molecule has 4 nitrogen and oxygen atoms in total. The van der Waals surface area contributed by atoms with Crippen molar-refractivity contribution in [3.8, 4) is 0 Å². The van der Waals surface area contributed by atoms with Crippen LogP contribution in [0.3, 0.4) is 0 Å². The number of carbonyl (C=O) groups excluding carboxylic acids is 1. The quantitative estimate of drug-likeness (QED) is 0.796. The van der Waals surface area contributed by atoms with E-state index in [0.717, 1.165) is 16.6 Å². The molecular weight excluding hydrogens is 202 g/mol. The summed E-state index contributed by atoms with van der Waals surface area (Å²) in [7, 11) is 0. The predicted molar refractivity (Wildman–Crippen MR) is 63.5 cm³/mol. The SMILES string of the molecule is Cc1nn(C(=O)NC(C)C)c2ccccc12. The maximum Gasteiger partial charge on any atom is 0.342 e. The van der Waals surface area contributed by atoms with Crippen molar-refractivity contribution in [2.45, 2.75) is 26.8 Å². The largest absolute Gasteiger partial charge is 0.342 e. The van der Waals surface area contributed by atoms with Gasteiger partial charge in [0.05, 0.1) is 11.2 Å². The van der Waals surface area contributed by atoms with Gasteiger partial charge in [-0.2, -0.15) is 9.78 Å². The van der Waals surface area contributed by atoms with E-state index in [1.54, 1.807) is 0 Å². The van der Waals surface area contributed by atoms with Crippen LogP contribution in [-0.4, -0.2) is 21.9 Å². The molecule has 16 heavy (non-hydrogen) atoms. The summed E-state index contributed by atoms with van der Waals surface area (Å²) in [6, 6.07) is 7.64. The Hall–Kier alpha value is -1.84. The van der Waals surface area contributed by atoms with Gasteiger partial charge in [0.1, 0.15) is 0 Å². The van der Waals surface area contributed by atoms with Crippen LogP contribution in [0.15, 0.2) is 24.3 Å². The molecule has 1 aromatic carbocycles. The zero-order valence-electron chi connectivity index (χ0n) is 9.69. The molecular formula is C12H15N3O. The molecule has 0 radical (unpaired) electrons. The number of aryl methyl sites for hydroxylation is 1. The molecule has 0 saturated carbocycles. The Morgan fingerprint density at radius 3 is 2.75 bits per heavy atom. The summed E-state index contributed by atoms with van der Waals surface area (Å²) in [5, 5.41) is 8.09. The third kappa shape index (κ3) is 1.78. The lowest BCUT2D eigenvalue weighted by atomic mass is 10.2. The van der Waals surface area contributed by atoms with E-state index in [4.69, 9.17) is 0 Å². The molecule has 84 valence electrons. The van der Waals surface area contributed by atoms with Crippen molar-refractivity contribution >= 4 is 16.9 Å². The zero-order valence-corrected chi connectivity index (χ0v) is 9.69. The van der Waals surface area contributed by atoms with E-state index >= 15 is 0 Å². The van der Waals surface area contributed by atoms with Crippen molar-refractivity contribution in [1.82, 2.24) is 15.1 Å². The van der Waals surface area contributed by atoms with Crippen LogP contribution in [-0.2, 0) is 0 Å². The Balaban J connectivity index is 2.49. The zero-order chi connectivity index (χ0) is 11.7. The van der Waals surface area contributed by atoms with Crippen molar-refractivity contribution < 1.29 is 4.79 Å². The van der Waals surface area contributed by atoms with E-state index in [0.29, 0.717) is 0 Å². The van der Waals surface area contributed by atoms with E-state index in [1.165, 1.54) is 4.68 Å². The minimum atomic E-state index is -0.181. The molecule has 0 fully saturated rings. The second-order valence-electron chi connectivity index (χ2n) is 4.12. The molecule has 0 atom stereocenters. The van der Waals surface area contributed by atoms with Crippen molar-refractivity contribution in [2.75, 3.05) is 0 Å². The molecule has 4 heteroatoms. The Kier molecular flexibility index (Phi) is 2.64. The van der Waals surface area contributed by atoms with Crippen LogP contribution < -0.4 is 5.32 Å². The highest BCUT2D eigenvalue weighted by molar-refractivity contribution is 5.91. The van der Waals surface area contributed by atoms with Gasteiger partial charge in [0.15, 0.2) is 0 Å². The van der Waals surface area contributed by atoms with Crippen molar-refractivity contribution in [3.63, 3.8) is 0 Å². The number of para-hydroxylation sites is 1. The molecule has 0 bridgehead atoms. The van der Waals surface area contributed by atoms with Gasteiger partial charge in [0.25, 0.3) is 0 Å². The van der Waals surface area contributed by atoms with Crippen molar-refractivity contribution in [1.29, 1.82) is 0 Å². The second-order valence-corrected chi connectivity index (χ2v) is 4.12. The van der Waals surface area contributed by atoms with E-state index in [-0.39, 0.29) is 12.1 Å². The van der Waals surface area contributed by atoms with Crippen LogP contribution in [0, 0.1) is 6.92 Å². The molecule has 0 saturated heterocycles. The third-order valence-electron chi connectivity index (χ3n) is 2.38. The monoisotopic (exact) mass is 217 g/mol. The number of nitrogens with zero attached hydrogens (tertiary/aromatic N) is 2. The Morgan fingerprint density at radius 1 is 1.38 bits per heavy atom. The summed E-state index contributed by atoms with van der Waals surface area (Å²) in [4.78, 5) is 11.9. The molecule has 0 aliphatic carbocycles. The Bertz CT molecular complexity index is 528. The van der Waals surface area contributed by atoms with Crippen LogP contribution in [0.25, 0.3) is 10.9 Å². The number of fused-ring (bicyclic) bond motifs is 1. The normalized spacial score (nSPS) is 11.0. The van der Waals surface area contributed by atoms with E-state index < -0.39 is 0 Å². The summed E-state index contributed by atoms with van der Waals surface area (Å²) in [5.74, 6) is 0. The number of nitrogens with one attached hydrogen (secondary N) is 1. The number of hydrogen-bond donors (Lipinski definition) is 1. The first-order chi connectivity index (χ1) is 7.59. The summed E-state index contributed by atoms with van der Waals surface area (Å²) < 4.78 is 1.42. The van der Waals surface area contributed by atoms with Gasteiger partial charge in [-0.05, 0) is 26.8 Å². The Morgan fingerprint density at radius 2 is 2.06 bits per heavy atom. The molecule has 0 aliphatic rings. The molecule has 1 aromatic heterocycles. The fourth-order valence-electron chi connectivity index (χ4n) is 1.68. The van der Waals surface area contributed by atoms with Crippen LogP contribution >= 0.6 is 0 Å². The van der Waals surface area contributed by atoms with Gasteiger partial charge in [0, 0.05) is 11.4 Å².